The van der Waals surface area contributed by atoms with Crippen LogP contribution in [-0.4, -0.2) is 57.3 Å². The molecular formula is C17H29IN4O. The Balaban J connectivity index is 0.00000264. The topological polar surface area (TPSA) is 48.9 Å². The first-order valence-electron chi connectivity index (χ1n) is 8.06. The Labute approximate surface area is 156 Å². The summed E-state index contributed by atoms with van der Waals surface area (Å²) in [5, 5.41) is 6.76. The van der Waals surface area contributed by atoms with Gasteiger partial charge in [0.15, 0.2) is 5.96 Å². The van der Waals surface area contributed by atoms with Gasteiger partial charge >= 0.3 is 0 Å². The molecule has 6 heteroatoms. The van der Waals surface area contributed by atoms with Crippen molar-refractivity contribution in [2.75, 3.05) is 46.4 Å². The number of rotatable bonds is 6. The zero-order valence-electron chi connectivity index (χ0n) is 14.1. The SMILES string of the molecule is CN=C(NCc1ccccc1)NCC(C)CN1CCOCC1.I. The number of hydrogen-bond acceptors (Lipinski definition) is 3. The van der Waals surface area contributed by atoms with Crippen molar-refractivity contribution in [1.29, 1.82) is 0 Å². The maximum atomic E-state index is 5.38. The van der Waals surface area contributed by atoms with Crippen molar-refractivity contribution >= 4 is 29.9 Å². The van der Waals surface area contributed by atoms with Crippen molar-refractivity contribution in [2.45, 2.75) is 13.5 Å². The molecule has 1 atom stereocenters. The molecule has 0 aromatic heterocycles. The van der Waals surface area contributed by atoms with Gasteiger partial charge in [-0.25, -0.2) is 0 Å². The number of aliphatic imine (C=N–C) groups is 1. The van der Waals surface area contributed by atoms with Gasteiger partial charge in [0.25, 0.3) is 0 Å². The average molecular weight is 432 g/mol. The lowest BCUT2D eigenvalue weighted by Gasteiger charge is -2.29. The molecule has 1 aliphatic heterocycles. The number of halogens is 1. The van der Waals surface area contributed by atoms with E-state index >= 15 is 0 Å². The van der Waals surface area contributed by atoms with Gasteiger partial charge < -0.3 is 15.4 Å². The van der Waals surface area contributed by atoms with Crippen LogP contribution in [0.25, 0.3) is 0 Å². The third kappa shape index (κ3) is 7.99. The number of morpholine rings is 1. The first-order valence-corrected chi connectivity index (χ1v) is 8.06. The first-order chi connectivity index (χ1) is 10.8. The molecule has 0 aliphatic carbocycles. The van der Waals surface area contributed by atoms with Gasteiger partial charge in [0, 0.05) is 39.8 Å². The van der Waals surface area contributed by atoms with Gasteiger partial charge in [-0.3, -0.25) is 9.89 Å². The molecule has 1 saturated heterocycles. The summed E-state index contributed by atoms with van der Waals surface area (Å²) in [5.41, 5.74) is 1.26. The molecule has 130 valence electrons. The van der Waals surface area contributed by atoms with Gasteiger partial charge in [0.05, 0.1) is 13.2 Å². The minimum absolute atomic E-state index is 0. The van der Waals surface area contributed by atoms with Crippen LogP contribution >= 0.6 is 24.0 Å². The molecule has 1 aromatic rings. The van der Waals surface area contributed by atoms with Crippen LogP contribution < -0.4 is 10.6 Å². The molecule has 1 aliphatic rings. The summed E-state index contributed by atoms with van der Waals surface area (Å²) in [6, 6.07) is 10.4. The van der Waals surface area contributed by atoms with Gasteiger partial charge in [-0.15, -0.1) is 24.0 Å². The molecule has 0 spiro atoms. The van der Waals surface area contributed by atoms with E-state index in [4.69, 9.17) is 4.74 Å². The number of hydrogen-bond donors (Lipinski definition) is 2. The molecule has 1 aromatic carbocycles. The predicted octanol–water partition coefficient (Wildman–Crippen LogP) is 1.94. The van der Waals surface area contributed by atoms with Crippen molar-refractivity contribution in [2.24, 2.45) is 10.9 Å². The third-order valence-electron chi connectivity index (χ3n) is 3.82. The molecule has 0 amide bonds. The fourth-order valence-electron chi connectivity index (χ4n) is 2.56. The van der Waals surface area contributed by atoms with Gasteiger partial charge in [-0.2, -0.15) is 0 Å². The average Bonchev–Trinajstić information content (AvgIpc) is 2.57. The number of nitrogens with zero attached hydrogens (tertiary/aromatic N) is 2. The van der Waals surface area contributed by atoms with Crippen LogP contribution in [0.5, 0.6) is 0 Å². The van der Waals surface area contributed by atoms with Crippen LogP contribution in [0, 0.1) is 5.92 Å². The van der Waals surface area contributed by atoms with Gasteiger partial charge in [0.1, 0.15) is 0 Å². The largest absolute Gasteiger partial charge is 0.379 e. The lowest BCUT2D eigenvalue weighted by molar-refractivity contribution is 0.0320. The molecule has 2 N–H and O–H groups in total. The second kappa shape index (κ2) is 11.6. The molecule has 1 heterocycles. The standard InChI is InChI=1S/C17H28N4O.HI/c1-15(14-21-8-10-22-11-9-21)12-19-17(18-2)20-13-16-6-4-3-5-7-16;/h3-7,15H,8-14H2,1-2H3,(H2,18,19,20);1H. The Bertz CT molecular complexity index is 449. The normalized spacial score (nSPS) is 17.2. The fourth-order valence-corrected chi connectivity index (χ4v) is 2.56. The third-order valence-corrected chi connectivity index (χ3v) is 3.82. The molecule has 1 fully saturated rings. The molecule has 1 unspecified atom stereocenters. The maximum Gasteiger partial charge on any atom is 0.191 e. The molecule has 23 heavy (non-hydrogen) atoms. The Morgan fingerprint density at radius 2 is 1.91 bits per heavy atom. The fraction of sp³-hybridized carbons (Fsp3) is 0.588. The van der Waals surface area contributed by atoms with Crippen LogP contribution in [0.2, 0.25) is 0 Å². The maximum absolute atomic E-state index is 5.38. The van der Waals surface area contributed by atoms with E-state index in [1.165, 1.54) is 5.56 Å². The van der Waals surface area contributed by atoms with Crippen LogP contribution in [0.1, 0.15) is 12.5 Å². The molecule has 0 bridgehead atoms. The van der Waals surface area contributed by atoms with E-state index in [1.54, 1.807) is 0 Å². The van der Waals surface area contributed by atoms with E-state index in [9.17, 15) is 0 Å². The second-order valence-electron chi connectivity index (χ2n) is 5.81. The van der Waals surface area contributed by atoms with Gasteiger partial charge in [0.2, 0.25) is 0 Å². The van der Waals surface area contributed by atoms with Gasteiger partial charge in [-0.1, -0.05) is 37.3 Å². The molecule has 0 saturated carbocycles. The number of nitrogens with one attached hydrogen (secondary N) is 2. The monoisotopic (exact) mass is 432 g/mol. The van der Waals surface area contributed by atoms with E-state index in [1.807, 2.05) is 13.1 Å². The Morgan fingerprint density at radius 1 is 1.22 bits per heavy atom. The van der Waals surface area contributed by atoms with Crippen LogP contribution in [0.4, 0.5) is 0 Å². The Hall–Kier alpha value is -0.860. The summed E-state index contributed by atoms with van der Waals surface area (Å²) in [7, 11) is 1.81. The quantitative estimate of drug-likeness (QED) is 0.410. The Morgan fingerprint density at radius 3 is 2.57 bits per heavy atom. The van der Waals surface area contributed by atoms with Crippen LogP contribution in [-0.2, 0) is 11.3 Å². The zero-order valence-corrected chi connectivity index (χ0v) is 16.5. The van der Waals surface area contributed by atoms with Crippen LogP contribution in [0.3, 0.4) is 0 Å². The highest BCUT2D eigenvalue weighted by molar-refractivity contribution is 14.0. The predicted molar refractivity (Wildman–Crippen MR) is 106 cm³/mol. The second-order valence-corrected chi connectivity index (χ2v) is 5.81. The summed E-state index contributed by atoms with van der Waals surface area (Å²) >= 11 is 0. The van der Waals surface area contributed by atoms with Crippen molar-refractivity contribution in [3.63, 3.8) is 0 Å². The van der Waals surface area contributed by atoms with Crippen molar-refractivity contribution in [3.05, 3.63) is 35.9 Å². The minimum Gasteiger partial charge on any atom is -0.379 e. The van der Waals surface area contributed by atoms with E-state index in [2.05, 4.69) is 51.7 Å². The highest BCUT2D eigenvalue weighted by Gasteiger charge is 2.13. The smallest absolute Gasteiger partial charge is 0.191 e. The van der Waals surface area contributed by atoms with Crippen molar-refractivity contribution in [1.82, 2.24) is 15.5 Å². The molecule has 2 rings (SSSR count). The number of benzene rings is 1. The van der Waals surface area contributed by atoms with E-state index in [0.29, 0.717) is 5.92 Å². The Kier molecular flexibility index (Phi) is 10.2. The summed E-state index contributed by atoms with van der Waals surface area (Å²) in [5.74, 6) is 1.44. The minimum atomic E-state index is 0. The van der Waals surface area contributed by atoms with E-state index < -0.39 is 0 Å². The molecular weight excluding hydrogens is 403 g/mol. The lowest BCUT2D eigenvalue weighted by Crippen LogP contribution is -2.43. The molecule has 0 radical (unpaired) electrons. The highest BCUT2D eigenvalue weighted by Crippen LogP contribution is 2.02. The van der Waals surface area contributed by atoms with Crippen LogP contribution in [0.15, 0.2) is 35.3 Å². The van der Waals surface area contributed by atoms with Crippen molar-refractivity contribution in [3.8, 4) is 0 Å². The zero-order chi connectivity index (χ0) is 15.6. The van der Waals surface area contributed by atoms with E-state index in [-0.39, 0.29) is 24.0 Å². The lowest BCUT2D eigenvalue weighted by atomic mass is 10.1. The number of ether oxygens (including phenoxy) is 1. The summed E-state index contributed by atoms with van der Waals surface area (Å²) in [6.45, 7) is 8.90. The molecule has 5 nitrogen and oxygen atoms in total. The summed E-state index contributed by atoms with van der Waals surface area (Å²) in [4.78, 5) is 6.75. The van der Waals surface area contributed by atoms with Crippen molar-refractivity contribution < 1.29 is 4.74 Å². The summed E-state index contributed by atoms with van der Waals surface area (Å²) in [6.07, 6.45) is 0. The number of guanidine groups is 1. The summed E-state index contributed by atoms with van der Waals surface area (Å²) < 4.78 is 5.38. The van der Waals surface area contributed by atoms with Gasteiger partial charge in [-0.05, 0) is 11.5 Å². The highest BCUT2D eigenvalue weighted by atomic mass is 127. The van der Waals surface area contributed by atoms with E-state index in [0.717, 1.165) is 51.9 Å². The first kappa shape index (κ1) is 20.2.